The number of rotatable bonds is 5. The normalized spacial score (nSPS) is 26.0. The fraction of sp³-hybridized carbons (Fsp3) is 0.545. The Bertz CT molecular complexity index is 757. The Morgan fingerprint density at radius 2 is 1.57 bits per heavy atom. The molecule has 2 heterocycles. The smallest absolute Gasteiger partial charge is 0.234 e. The molecule has 2 fully saturated rings. The van der Waals surface area contributed by atoms with Crippen molar-refractivity contribution >= 4 is 11.8 Å². The van der Waals surface area contributed by atoms with E-state index in [-0.39, 0.29) is 23.7 Å². The number of allylic oxidation sites excluding steroid dienone is 2. The van der Waals surface area contributed by atoms with Gasteiger partial charge in [-0.05, 0) is 25.8 Å². The van der Waals surface area contributed by atoms with Crippen molar-refractivity contribution in [3.05, 3.63) is 41.5 Å². The van der Waals surface area contributed by atoms with Crippen LogP contribution in [0.15, 0.2) is 30.4 Å². The largest absolute Gasteiger partial charge is 0.496 e. The third kappa shape index (κ3) is 3.71. The average molecular weight is 383 g/mol. The molecule has 0 aromatic heterocycles. The van der Waals surface area contributed by atoms with E-state index in [4.69, 9.17) is 4.74 Å². The monoisotopic (exact) mass is 383 g/mol. The first kappa shape index (κ1) is 19.2. The molecule has 4 rings (SSSR count). The average Bonchev–Trinajstić information content (AvgIpc) is 2.95. The summed E-state index contributed by atoms with van der Waals surface area (Å²) in [4.78, 5) is 31.4. The number of likely N-dealkylation sites (tertiary alicyclic amines) is 1. The third-order valence-corrected chi connectivity index (χ3v) is 6.24. The SMILES string of the molecule is COc1ccc(C)cc1CN1CCN(CN2C(=O)[C@H]3CC=CC[C@@H]3C2=O)CC1. The minimum Gasteiger partial charge on any atom is -0.496 e. The van der Waals surface area contributed by atoms with E-state index in [0.29, 0.717) is 19.5 Å². The van der Waals surface area contributed by atoms with E-state index < -0.39 is 0 Å². The molecule has 0 unspecified atom stereocenters. The maximum absolute atomic E-state index is 12.7. The molecule has 1 aromatic carbocycles. The number of carbonyl (C=O) groups excluding carboxylic acids is 2. The first-order valence-corrected chi connectivity index (χ1v) is 10.2. The van der Waals surface area contributed by atoms with Crippen molar-refractivity contribution in [3.63, 3.8) is 0 Å². The van der Waals surface area contributed by atoms with Crippen LogP contribution >= 0.6 is 0 Å². The van der Waals surface area contributed by atoms with Crippen molar-refractivity contribution < 1.29 is 14.3 Å². The Kier molecular flexibility index (Phi) is 5.51. The minimum absolute atomic E-state index is 0.0197. The standard InChI is InChI=1S/C22H29N3O3/c1-16-7-8-20(28-2)17(13-16)14-23-9-11-24(12-10-23)15-25-21(26)18-5-3-4-6-19(18)22(25)27/h3-4,7-8,13,18-19H,5-6,9-12,14-15H2,1-2H3/t18-,19-/m0/s1. The van der Waals surface area contributed by atoms with Gasteiger partial charge >= 0.3 is 0 Å². The molecule has 2 aliphatic heterocycles. The molecule has 0 spiro atoms. The van der Waals surface area contributed by atoms with E-state index >= 15 is 0 Å². The van der Waals surface area contributed by atoms with Crippen molar-refractivity contribution in [2.45, 2.75) is 26.3 Å². The van der Waals surface area contributed by atoms with Crippen molar-refractivity contribution in [3.8, 4) is 5.75 Å². The van der Waals surface area contributed by atoms with E-state index in [0.717, 1.165) is 38.5 Å². The number of nitrogens with zero attached hydrogens (tertiary/aromatic N) is 3. The number of imide groups is 1. The van der Waals surface area contributed by atoms with Gasteiger partial charge in [0.15, 0.2) is 0 Å². The van der Waals surface area contributed by atoms with Crippen LogP contribution in [0.3, 0.4) is 0 Å². The van der Waals surface area contributed by atoms with E-state index in [1.165, 1.54) is 16.0 Å². The third-order valence-electron chi connectivity index (χ3n) is 6.24. The lowest BCUT2D eigenvalue weighted by Gasteiger charge is -2.36. The molecule has 0 N–H and O–H groups in total. The number of amides is 2. The zero-order chi connectivity index (χ0) is 19.7. The number of benzene rings is 1. The summed E-state index contributed by atoms with van der Waals surface area (Å²) in [6.45, 7) is 6.95. The van der Waals surface area contributed by atoms with Crippen LogP contribution in [0.5, 0.6) is 5.75 Å². The summed E-state index contributed by atoms with van der Waals surface area (Å²) < 4.78 is 5.50. The number of piperazine rings is 1. The maximum atomic E-state index is 12.7. The van der Waals surface area contributed by atoms with Crippen molar-refractivity contribution in [2.24, 2.45) is 11.8 Å². The summed E-state index contributed by atoms with van der Waals surface area (Å²) in [6, 6.07) is 6.28. The molecule has 28 heavy (non-hydrogen) atoms. The van der Waals surface area contributed by atoms with Gasteiger partial charge in [-0.3, -0.25) is 24.3 Å². The van der Waals surface area contributed by atoms with Gasteiger partial charge in [0.05, 0.1) is 25.6 Å². The van der Waals surface area contributed by atoms with Gasteiger partial charge in [-0.15, -0.1) is 0 Å². The van der Waals surface area contributed by atoms with Gasteiger partial charge in [0.25, 0.3) is 0 Å². The molecule has 2 saturated heterocycles. The lowest BCUT2D eigenvalue weighted by Crippen LogP contribution is -2.51. The highest BCUT2D eigenvalue weighted by atomic mass is 16.5. The molecule has 0 radical (unpaired) electrons. The maximum Gasteiger partial charge on any atom is 0.234 e. The molecule has 0 saturated carbocycles. The molecule has 150 valence electrons. The first-order valence-electron chi connectivity index (χ1n) is 10.2. The zero-order valence-corrected chi connectivity index (χ0v) is 16.8. The summed E-state index contributed by atoms with van der Waals surface area (Å²) in [5.41, 5.74) is 2.44. The highest BCUT2D eigenvalue weighted by molar-refractivity contribution is 6.05. The molecule has 2 amide bonds. The van der Waals surface area contributed by atoms with Gasteiger partial charge in [-0.1, -0.05) is 29.8 Å². The minimum atomic E-state index is -0.132. The highest BCUT2D eigenvalue weighted by Gasteiger charge is 2.47. The second-order valence-electron chi connectivity index (χ2n) is 8.11. The molecule has 6 nitrogen and oxygen atoms in total. The Morgan fingerprint density at radius 3 is 2.18 bits per heavy atom. The number of ether oxygens (including phenoxy) is 1. The Hall–Kier alpha value is -2.18. The first-order chi connectivity index (χ1) is 13.6. The van der Waals surface area contributed by atoms with E-state index in [2.05, 4.69) is 28.9 Å². The van der Waals surface area contributed by atoms with E-state index in [9.17, 15) is 9.59 Å². The molecule has 0 bridgehead atoms. The Balaban J connectivity index is 1.32. The molecule has 2 atom stereocenters. The fourth-order valence-corrected chi connectivity index (χ4v) is 4.57. The zero-order valence-electron chi connectivity index (χ0n) is 16.8. The van der Waals surface area contributed by atoms with Gasteiger partial charge in [0, 0.05) is 38.3 Å². The molecule has 1 aromatic rings. The van der Waals surface area contributed by atoms with Crippen LogP contribution in [0, 0.1) is 18.8 Å². The van der Waals surface area contributed by atoms with Crippen LogP contribution in [0.2, 0.25) is 0 Å². The summed E-state index contributed by atoms with van der Waals surface area (Å²) in [7, 11) is 1.71. The van der Waals surface area contributed by atoms with Crippen LogP contribution in [-0.2, 0) is 16.1 Å². The number of aryl methyl sites for hydroxylation is 1. The van der Waals surface area contributed by atoms with Crippen LogP contribution in [0.25, 0.3) is 0 Å². The highest BCUT2D eigenvalue weighted by Crippen LogP contribution is 2.35. The predicted octanol–water partition coefficient (Wildman–Crippen LogP) is 2.03. The van der Waals surface area contributed by atoms with Crippen LogP contribution in [0.1, 0.15) is 24.0 Å². The van der Waals surface area contributed by atoms with Crippen LogP contribution in [-0.4, -0.2) is 66.5 Å². The summed E-state index contributed by atoms with van der Waals surface area (Å²) in [5.74, 6) is 0.704. The molecular weight excluding hydrogens is 354 g/mol. The van der Waals surface area contributed by atoms with Gasteiger partial charge in [0.1, 0.15) is 5.75 Å². The van der Waals surface area contributed by atoms with Crippen molar-refractivity contribution in [1.29, 1.82) is 0 Å². The lowest BCUT2D eigenvalue weighted by atomic mass is 9.85. The van der Waals surface area contributed by atoms with Crippen LogP contribution < -0.4 is 4.74 Å². The second kappa shape index (κ2) is 8.05. The number of hydrogen-bond donors (Lipinski definition) is 0. The van der Waals surface area contributed by atoms with Gasteiger partial charge in [0.2, 0.25) is 11.8 Å². The van der Waals surface area contributed by atoms with Crippen molar-refractivity contribution in [2.75, 3.05) is 40.0 Å². The Morgan fingerprint density at radius 1 is 0.964 bits per heavy atom. The lowest BCUT2D eigenvalue weighted by molar-refractivity contribution is -0.142. The number of methoxy groups -OCH3 is 1. The quantitative estimate of drug-likeness (QED) is 0.575. The second-order valence-corrected chi connectivity index (χ2v) is 8.11. The van der Waals surface area contributed by atoms with E-state index in [1.54, 1.807) is 7.11 Å². The number of carbonyl (C=O) groups is 2. The summed E-state index contributed by atoms with van der Waals surface area (Å²) >= 11 is 0. The summed E-state index contributed by atoms with van der Waals surface area (Å²) in [6.07, 6.45) is 5.48. The Labute approximate surface area is 166 Å². The molecule has 3 aliphatic rings. The predicted molar refractivity (Wildman–Crippen MR) is 107 cm³/mol. The number of hydrogen-bond acceptors (Lipinski definition) is 5. The topological polar surface area (TPSA) is 53.1 Å². The van der Waals surface area contributed by atoms with E-state index in [1.807, 2.05) is 18.2 Å². The molecule has 1 aliphatic carbocycles. The number of fused-ring (bicyclic) bond motifs is 1. The van der Waals surface area contributed by atoms with Gasteiger partial charge in [-0.2, -0.15) is 0 Å². The molecule has 6 heteroatoms. The van der Waals surface area contributed by atoms with Gasteiger partial charge < -0.3 is 4.74 Å². The van der Waals surface area contributed by atoms with Gasteiger partial charge in [-0.25, -0.2) is 0 Å². The van der Waals surface area contributed by atoms with Crippen molar-refractivity contribution in [1.82, 2.24) is 14.7 Å². The van der Waals surface area contributed by atoms with Crippen LogP contribution in [0.4, 0.5) is 0 Å². The fourth-order valence-electron chi connectivity index (χ4n) is 4.57. The molecular formula is C22H29N3O3. The summed E-state index contributed by atoms with van der Waals surface area (Å²) in [5, 5.41) is 0.